The van der Waals surface area contributed by atoms with E-state index >= 15 is 0 Å². The number of rotatable bonds is 8. The van der Waals surface area contributed by atoms with Gasteiger partial charge in [0.2, 0.25) is 0 Å². The van der Waals surface area contributed by atoms with E-state index in [1.54, 1.807) is 10.6 Å². The Morgan fingerprint density at radius 3 is 1.25 bits per heavy atom. The fourth-order valence-electron chi connectivity index (χ4n) is 6.85. The van der Waals surface area contributed by atoms with Crippen LogP contribution in [-0.4, -0.2) is 36.4 Å². The van der Waals surface area contributed by atoms with E-state index in [1.807, 2.05) is 0 Å². The molecule has 6 rings (SSSR count). The van der Waals surface area contributed by atoms with Crippen LogP contribution in [0, 0.1) is 20.8 Å². The molecule has 44 heavy (non-hydrogen) atoms. The molecule has 2 saturated carbocycles. The summed E-state index contributed by atoms with van der Waals surface area (Å²) in [4.78, 5) is 2.41. The molecule has 0 N–H and O–H groups in total. The van der Waals surface area contributed by atoms with E-state index in [-0.39, 0.29) is 47.8 Å². The summed E-state index contributed by atoms with van der Waals surface area (Å²) in [5.74, 6) is 0.802. The Bertz CT molecular complexity index is 1200. The third-order valence-corrected chi connectivity index (χ3v) is 15.1. The van der Waals surface area contributed by atoms with E-state index in [0.717, 1.165) is 17.2 Å². The smallest absolute Gasteiger partial charge is 0.358 e. The summed E-state index contributed by atoms with van der Waals surface area (Å²) in [6.45, 7) is 2.41. The van der Waals surface area contributed by atoms with Gasteiger partial charge < -0.3 is 19.8 Å². The van der Waals surface area contributed by atoms with Crippen LogP contribution in [0.5, 0.6) is 0 Å². The summed E-state index contributed by atoms with van der Waals surface area (Å²) in [7, 11) is 4.03. The van der Waals surface area contributed by atoms with Crippen LogP contribution in [0.2, 0.25) is 0 Å². The van der Waals surface area contributed by atoms with Gasteiger partial charge in [0.15, 0.2) is 0 Å². The zero-order chi connectivity index (χ0) is 28.4. The van der Waals surface area contributed by atoms with Crippen LogP contribution in [0.3, 0.4) is 0 Å². The Labute approximate surface area is 283 Å². The van der Waals surface area contributed by atoms with Crippen molar-refractivity contribution in [2.75, 3.05) is 14.1 Å². The van der Waals surface area contributed by atoms with Gasteiger partial charge in [-0.2, -0.15) is 0 Å². The summed E-state index contributed by atoms with van der Waals surface area (Å²) in [5, 5.41) is 6.17. The van der Waals surface area contributed by atoms with E-state index in [0.29, 0.717) is 6.04 Å². The van der Waals surface area contributed by atoms with E-state index in [4.69, 9.17) is 0 Å². The van der Waals surface area contributed by atoms with Crippen molar-refractivity contribution in [3.05, 3.63) is 136 Å². The molecule has 4 aromatic rings. The van der Waals surface area contributed by atoms with Crippen LogP contribution in [0.25, 0.3) is 0 Å². The Morgan fingerprint density at radius 2 is 0.886 bits per heavy atom. The number of benzene rings is 4. The molecule has 0 spiro atoms. The summed E-state index contributed by atoms with van der Waals surface area (Å²) < 4.78 is 0. The largest absolute Gasteiger partial charge is 2.00 e. The normalized spacial score (nSPS) is 18.5. The molecule has 0 amide bonds. The molecule has 0 heterocycles. The molecule has 2 fully saturated rings. The zero-order valence-electron chi connectivity index (χ0n) is 27.5. The number of nitrogens with zero attached hydrogens (tertiary/aromatic N) is 1. The SMILES string of the molecule is C[C@H](C1CCCC1P(c1ccccc1)c1ccccc1)N(C)C.[CH3-].[CH3-].[Fe+2].c1ccc(P(c2ccccc2)C2CCCC2)cc1. The predicted octanol–water partition coefficient (Wildman–Crippen LogP) is 9.20. The fourth-order valence-corrected chi connectivity index (χ4v) is 13.1. The third-order valence-electron chi connectivity index (χ3n) is 9.12. The second-order valence-electron chi connectivity index (χ2n) is 11.9. The van der Waals surface area contributed by atoms with Gasteiger partial charge in [0.1, 0.15) is 0 Å². The van der Waals surface area contributed by atoms with Gasteiger partial charge in [-0.15, -0.1) is 0 Å². The van der Waals surface area contributed by atoms with Gasteiger partial charge in [-0.3, -0.25) is 0 Å². The first-order valence-electron chi connectivity index (χ1n) is 15.6. The van der Waals surface area contributed by atoms with Crippen molar-refractivity contribution in [3.63, 3.8) is 0 Å². The summed E-state index contributed by atoms with van der Waals surface area (Å²) in [5.41, 5.74) is 1.69. The summed E-state index contributed by atoms with van der Waals surface area (Å²) in [6, 6.07) is 45.3. The minimum absolute atomic E-state index is 0. The molecule has 0 bridgehead atoms. The molecule has 0 radical (unpaired) electrons. The second-order valence-corrected chi connectivity index (χ2v) is 16.8. The van der Waals surface area contributed by atoms with Crippen molar-refractivity contribution in [2.24, 2.45) is 5.92 Å². The van der Waals surface area contributed by atoms with Gasteiger partial charge in [-0.25, -0.2) is 0 Å². The standard InChI is InChI=1S/C21H28NP.C17H19P.2CH3.Fe/c1-17(22(2)3)20-15-10-16-21(20)23(18-11-6-4-7-12-18)19-13-8-5-9-14-19;1-3-9-15(10-4-1)18(17-13-7-8-14-17)16-11-5-2-6-12-16;;;/h4-9,11-14,17,20-21H,10,15-16H2,1-3H3;1-6,9-12,17H,7-8,13-14H2;2*1H3;/q;;2*-1;+2/t17-,20?,21?;;;;/m1..../s1. The molecule has 0 aliphatic heterocycles. The molecule has 0 saturated heterocycles. The Balaban J connectivity index is 0.000000294. The second kappa shape index (κ2) is 19.7. The molecule has 2 unspecified atom stereocenters. The van der Waals surface area contributed by atoms with Crippen molar-refractivity contribution in [1.82, 2.24) is 4.90 Å². The third kappa shape index (κ3) is 9.86. The maximum absolute atomic E-state index is 2.41. The Kier molecular flexibility index (Phi) is 17.2. The van der Waals surface area contributed by atoms with Gasteiger partial charge in [0.05, 0.1) is 0 Å². The quantitative estimate of drug-likeness (QED) is 0.103. The molecule has 4 heteroatoms. The van der Waals surface area contributed by atoms with Gasteiger partial charge in [-0.1, -0.05) is 141 Å². The van der Waals surface area contributed by atoms with E-state index in [9.17, 15) is 0 Å². The molecular formula is C40H53FeNP2. The van der Waals surface area contributed by atoms with Crippen LogP contribution in [-0.2, 0) is 17.1 Å². The molecule has 2 aliphatic rings. The van der Waals surface area contributed by atoms with Crippen LogP contribution >= 0.6 is 15.8 Å². The summed E-state index contributed by atoms with van der Waals surface area (Å²) >= 11 is 0. The first kappa shape index (κ1) is 38.4. The zero-order valence-corrected chi connectivity index (χ0v) is 30.4. The maximum atomic E-state index is 2.41. The monoisotopic (exact) mass is 665 g/mol. The minimum atomic E-state index is -0.275. The Morgan fingerprint density at radius 1 is 0.523 bits per heavy atom. The molecule has 2 aliphatic carbocycles. The van der Waals surface area contributed by atoms with Crippen molar-refractivity contribution in [1.29, 1.82) is 0 Å². The van der Waals surface area contributed by atoms with Gasteiger partial charge in [0.25, 0.3) is 0 Å². The molecule has 0 aromatic heterocycles. The van der Waals surface area contributed by atoms with Crippen LogP contribution in [0.1, 0.15) is 51.9 Å². The predicted molar refractivity (Wildman–Crippen MR) is 198 cm³/mol. The van der Waals surface area contributed by atoms with Crippen LogP contribution in [0.15, 0.2) is 121 Å². The van der Waals surface area contributed by atoms with Crippen LogP contribution < -0.4 is 21.2 Å². The average Bonchev–Trinajstić information content (AvgIpc) is 3.73. The fraction of sp³-hybridized carbons (Fsp3) is 0.350. The van der Waals surface area contributed by atoms with Crippen molar-refractivity contribution < 1.29 is 17.1 Å². The van der Waals surface area contributed by atoms with Crippen LogP contribution in [0.4, 0.5) is 0 Å². The van der Waals surface area contributed by atoms with E-state index in [2.05, 4.69) is 147 Å². The molecular weight excluding hydrogens is 612 g/mol. The summed E-state index contributed by atoms with van der Waals surface area (Å²) in [6.07, 6.45) is 9.80. The molecule has 4 aromatic carbocycles. The molecule has 1 nitrogen and oxygen atoms in total. The average molecular weight is 666 g/mol. The Hall–Kier alpha value is -1.78. The topological polar surface area (TPSA) is 3.24 Å². The first-order chi connectivity index (χ1) is 20.1. The first-order valence-corrected chi connectivity index (χ1v) is 18.4. The van der Waals surface area contributed by atoms with E-state index in [1.165, 1.54) is 55.6 Å². The van der Waals surface area contributed by atoms with Gasteiger partial charge >= 0.3 is 17.1 Å². The van der Waals surface area contributed by atoms with Crippen molar-refractivity contribution >= 4 is 37.1 Å². The number of hydrogen-bond donors (Lipinski definition) is 0. The molecule has 236 valence electrons. The minimum Gasteiger partial charge on any atom is -0.358 e. The maximum Gasteiger partial charge on any atom is 2.00 e. The van der Waals surface area contributed by atoms with Gasteiger partial charge in [0, 0.05) is 6.04 Å². The number of hydrogen-bond acceptors (Lipinski definition) is 1. The van der Waals surface area contributed by atoms with Crippen molar-refractivity contribution in [3.8, 4) is 0 Å². The molecule has 3 atom stereocenters. The van der Waals surface area contributed by atoms with E-state index < -0.39 is 0 Å². The van der Waals surface area contributed by atoms with Crippen molar-refractivity contribution in [2.45, 2.75) is 69.2 Å². The van der Waals surface area contributed by atoms with Gasteiger partial charge in [-0.05, 0) is 101 Å².